The van der Waals surface area contributed by atoms with Crippen LogP contribution in [0.5, 0.6) is 0 Å². The molecule has 0 radical (unpaired) electrons. The molecule has 194 valence electrons. The summed E-state index contributed by atoms with van der Waals surface area (Å²) in [4.78, 5) is 29.1. The van der Waals surface area contributed by atoms with E-state index in [9.17, 15) is 14.0 Å². The van der Waals surface area contributed by atoms with E-state index in [0.29, 0.717) is 16.9 Å². The molecule has 1 aromatic heterocycles. The zero-order valence-corrected chi connectivity index (χ0v) is 20.3. The summed E-state index contributed by atoms with van der Waals surface area (Å²) in [5.74, 6) is 5.28. The van der Waals surface area contributed by atoms with Crippen molar-refractivity contribution < 1.29 is 28.6 Å². The van der Waals surface area contributed by atoms with E-state index in [-0.39, 0.29) is 37.6 Å². The van der Waals surface area contributed by atoms with Gasteiger partial charge < -0.3 is 25.6 Å². The molecule has 0 bridgehead atoms. The van der Waals surface area contributed by atoms with Gasteiger partial charge in [0.2, 0.25) is 0 Å². The van der Waals surface area contributed by atoms with Crippen molar-refractivity contribution in [3.05, 3.63) is 48.0 Å². The number of hydrazone groups is 1. The summed E-state index contributed by atoms with van der Waals surface area (Å²) in [7, 11) is 0. The number of nitrogens with one attached hydrogen (secondary N) is 1. The van der Waals surface area contributed by atoms with E-state index in [4.69, 9.17) is 26.2 Å². The summed E-state index contributed by atoms with van der Waals surface area (Å²) in [5.41, 5.74) is 6.76. The molecule has 1 aliphatic rings. The molecule has 1 fully saturated rings. The number of amidine groups is 1. The van der Waals surface area contributed by atoms with E-state index in [1.807, 2.05) is 0 Å². The molecule has 12 nitrogen and oxygen atoms in total. The lowest BCUT2D eigenvalue weighted by molar-refractivity contribution is 0.0522. The van der Waals surface area contributed by atoms with Crippen molar-refractivity contribution in [1.29, 1.82) is 0 Å². The number of aromatic nitrogens is 1. The third-order valence-electron chi connectivity index (χ3n) is 4.92. The number of rotatable bonds is 8. The number of halogens is 1. The number of ether oxygens (including phenoxy) is 2. The standard InChI is InChI=1S/C23H30FN7O5/c1-23(2,3)36-21(33)27-8-9-31(26)29-20(25)19-7-4-14(11-28-19)17-6-5-15(10-18(17)24)30-12-16(13-32)35-22(30)34/h4-7,10-11,16,32H,8-9,12-13,26H2,1-3H3,(H2,25,29)(H,27,33). The maximum Gasteiger partial charge on any atom is 0.414 e. The molecular weight excluding hydrogens is 473 g/mol. The normalized spacial score (nSPS) is 16.1. The van der Waals surface area contributed by atoms with Crippen LogP contribution in [0.15, 0.2) is 41.6 Å². The van der Waals surface area contributed by atoms with Gasteiger partial charge in [0.05, 0.1) is 25.4 Å². The summed E-state index contributed by atoms with van der Waals surface area (Å²) in [6.07, 6.45) is -0.418. The molecule has 0 saturated carbocycles. The minimum atomic E-state index is -0.644. The van der Waals surface area contributed by atoms with Crippen molar-refractivity contribution in [2.75, 3.05) is 31.1 Å². The number of aliphatic hydroxyl groups is 1. The van der Waals surface area contributed by atoms with Crippen molar-refractivity contribution in [3.63, 3.8) is 0 Å². The summed E-state index contributed by atoms with van der Waals surface area (Å²) < 4.78 is 24.9. The van der Waals surface area contributed by atoms with Crippen LogP contribution < -0.4 is 21.8 Å². The Bertz CT molecular complexity index is 1120. The lowest BCUT2D eigenvalue weighted by atomic mass is 10.1. The molecule has 3 rings (SSSR count). The van der Waals surface area contributed by atoms with Gasteiger partial charge in [0.25, 0.3) is 0 Å². The van der Waals surface area contributed by atoms with Gasteiger partial charge in [0.1, 0.15) is 23.2 Å². The van der Waals surface area contributed by atoms with E-state index in [1.165, 1.54) is 23.2 Å². The molecule has 0 spiro atoms. The zero-order chi connectivity index (χ0) is 26.5. The number of carbonyl (C=O) groups excluding carboxylic acids is 2. The number of pyridine rings is 1. The van der Waals surface area contributed by atoms with Gasteiger partial charge in [-0.15, -0.1) is 5.10 Å². The van der Waals surface area contributed by atoms with Crippen molar-refractivity contribution >= 4 is 23.7 Å². The highest BCUT2D eigenvalue weighted by Gasteiger charge is 2.32. The number of hydrogen-bond donors (Lipinski definition) is 4. The van der Waals surface area contributed by atoms with Gasteiger partial charge in [-0.3, -0.25) is 9.88 Å². The smallest absolute Gasteiger partial charge is 0.414 e. The second-order valence-corrected chi connectivity index (χ2v) is 8.97. The summed E-state index contributed by atoms with van der Waals surface area (Å²) in [6.45, 7) is 5.45. The van der Waals surface area contributed by atoms with Gasteiger partial charge in [-0.25, -0.2) is 24.9 Å². The first-order valence-electron chi connectivity index (χ1n) is 11.2. The molecule has 1 aliphatic heterocycles. The van der Waals surface area contributed by atoms with Crippen molar-refractivity contribution in [2.45, 2.75) is 32.5 Å². The molecule has 36 heavy (non-hydrogen) atoms. The predicted molar refractivity (Wildman–Crippen MR) is 130 cm³/mol. The minimum Gasteiger partial charge on any atom is -0.444 e. The monoisotopic (exact) mass is 503 g/mol. The molecule has 0 aliphatic carbocycles. The molecular formula is C23H30FN7O5. The fraction of sp³-hybridized carbons (Fsp3) is 0.391. The van der Waals surface area contributed by atoms with Gasteiger partial charge in [-0.1, -0.05) is 6.07 Å². The second kappa shape index (κ2) is 11.2. The largest absolute Gasteiger partial charge is 0.444 e. The van der Waals surface area contributed by atoms with Crippen LogP contribution in [0.4, 0.5) is 19.7 Å². The summed E-state index contributed by atoms with van der Waals surface area (Å²) in [6, 6.07) is 7.52. The number of hydrazine groups is 1. The highest BCUT2D eigenvalue weighted by atomic mass is 19.1. The third kappa shape index (κ3) is 7.02. The van der Waals surface area contributed by atoms with Crippen molar-refractivity contribution in [3.8, 4) is 11.1 Å². The van der Waals surface area contributed by atoms with Gasteiger partial charge in [-0.05, 0) is 45.0 Å². The lowest BCUT2D eigenvalue weighted by Gasteiger charge is -2.20. The van der Waals surface area contributed by atoms with Crippen LogP contribution in [0, 0.1) is 5.82 Å². The zero-order valence-electron chi connectivity index (χ0n) is 20.3. The molecule has 2 amide bonds. The van der Waals surface area contributed by atoms with Crippen LogP contribution in [0.1, 0.15) is 26.5 Å². The van der Waals surface area contributed by atoms with Crippen molar-refractivity contribution in [1.82, 2.24) is 15.4 Å². The van der Waals surface area contributed by atoms with Gasteiger partial charge in [0.15, 0.2) is 5.84 Å². The van der Waals surface area contributed by atoms with Crippen LogP contribution >= 0.6 is 0 Å². The molecule has 2 heterocycles. The van der Waals surface area contributed by atoms with E-state index in [1.54, 1.807) is 39.0 Å². The Balaban J connectivity index is 1.60. The van der Waals surface area contributed by atoms with Crippen LogP contribution in [0.2, 0.25) is 0 Å². The number of anilines is 1. The molecule has 1 aromatic carbocycles. The first-order valence-corrected chi connectivity index (χ1v) is 11.2. The average Bonchev–Trinajstić information content (AvgIpc) is 3.18. The first-order chi connectivity index (χ1) is 17.0. The number of nitrogens with two attached hydrogens (primary N) is 2. The Morgan fingerprint density at radius 1 is 1.39 bits per heavy atom. The van der Waals surface area contributed by atoms with Crippen LogP contribution in [0.25, 0.3) is 11.1 Å². The van der Waals surface area contributed by atoms with Gasteiger partial charge in [-0.2, -0.15) is 0 Å². The highest BCUT2D eigenvalue weighted by Crippen LogP contribution is 2.28. The fourth-order valence-electron chi connectivity index (χ4n) is 3.26. The van der Waals surface area contributed by atoms with E-state index < -0.39 is 29.7 Å². The van der Waals surface area contributed by atoms with Gasteiger partial charge >= 0.3 is 12.2 Å². The number of aliphatic hydroxyl groups excluding tert-OH is 1. The minimum absolute atomic E-state index is 0.0307. The maximum atomic E-state index is 14.8. The average molecular weight is 504 g/mol. The Morgan fingerprint density at radius 3 is 2.72 bits per heavy atom. The molecule has 13 heteroatoms. The second-order valence-electron chi connectivity index (χ2n) is 8.97. The predicted octanol–water partition coefficient (Wildman–Crippen LogP) is 1.53. The number of alkyl carbamates (subject to hydrolysis) is 1. The fourth-order valence-corrected chi connectivity index (χ4v) is 3.26. The SMILES string of the molecule is CC(C)(C)OC(=O)NCCN(N)/N=C(\N)c1ccc(-c2ccc(N3CC(CO)OC3=O)cc2F)cn1. The number of benzene rings is 1. The lowest BCUT2D eigenvalue weighted by Crippen LogP contribution is -2.39. The van der Waals surface area contributed by atoms with Gasteiger partial charge in [0, 0.05) is 23.9 Å². The molecule has 1 saturated heterocycles. The van der Waals surface area contributed by atoms with E-state index >= 15 is 0 Å². The highest BCUT2D eigenvalue weighted by molar-refractivity contribution is 5.95. The first kappa shape index (κ1) is 26.6. The van der Waals surface area contributed by atoms with Crippen LogP contribution in [0.3, 0.4) is 0 Å². The number of cyclic esters (lactones) is 1. The summed E-state index contributed by atoms with van der Waals surface area (Å²) >= 11 is 0. The quantitative estimate of drug-likeness (QED) is 0.181. The Kier molecular flexibility index (Phi) is 8.27. The maximum absolute atomic E-state index is 14.8. The Hall–Kier alpha value is -3.97. The Labute approximate surface area is 207 Å². The number of nitrogens with zero attached hydrogens (tertiary/aromatic N) is 4. The van der Waals surface area contributed by atoms with E-state index in [0.717, 1.165) is 5.12 Å². The van der Waals surface area contributed by atoms with Crippen molar-refractivity contribution in [2.24, 2.45) is 16.7 Å². The molecule has 2 aromatic rings. The topological polar surface area (TPSA) is 169 Å². The number of hydrogen-bond acceptors (Lipinski definition) is 9. The molecule has 6 N–H and O–H groups in total. The van der Waals surface area contributed by atoms with Crippen LogP contribution in [-0.2, 0) is 9.47 Å². The molecule has 1 atom stereocenters. The van der Waals surface area contributed by atoms with Crippen LogP contribution in [-0.4, -0.2) is 71.2 Å². The number of amides is 2. The third-order valence-corrected chi connectivity index (χ3v) is 4.92. The number of carbonyl (C=O) groups is 2. The summed E-state index contributed by atoms with van der Waals surface area (Å²) in [5, 5.41) is 16.8. The Morgan fingerprint density at radius 2 is 2.14 bits per heavy atom. The molecule has 1 unspecified atom stereocenters. The van der Waals surface area contributed by atoms with E-state index in [2.05, 4.69) is 15.4 Å².